The summed E-state index contributed by atoms with van der Waals surface area (Å²) in [5.41, 5.74) is 0. The summed E-state index contributed by atoms with van der Waals surface area (Å²) in [7, 11) is 3.94. The molecule has 0 spiro atoms. The lowest BCUT2D eigenvalue weighted by Gasteiger charge is -2.35. The highest BCUT2D eigenvalue weighted by Gasteiger charge is 2.26. The molecule has 0 aromatic carbocycles. The molecular weight excluding hydrogens is 258 g/mol. The minimum atomic E-state index is -0.874. The Morgan fingerprint density at radius 3 is 1.95 bits per heavy atom. The second kappa shape index (κ2) is 8.79. The molecule has 0 aromatic heterocycles. The van der Waals surface area contributed by atoms with Gasteiger partial charge in [-0.3, -0.25) is 4.79 Å². The number of hydrogen-bond acceptors (Lipinski definition) is 3. The van der Waals surface area contributed by atoms with Crippen LogP contribution >= 0.6 is 0 Å². The average molecular weight is 287 g/mol. The number of likely N-dealkylation sites (N-methyl/N-ethyl adjacent to an activating group) is 2. The molecule has 1 N–H and O–H groups in total. The first-order chi connectivity index (χ1) is 9.24. The largest absolute Gasteiger partial charge is 0.481 e. The van der Waals surface area contributed by atoms with Crippen LogP contribution in [0.1, 0.15) is 27.7 Å². The fourth-order valence-corrected chi connectivity index (χ4v) is 2.20. The van der Waals surface area contributed by atoms with Crippen LogP contribution in [0.3, 0.4) is 0 Å². The Hall–Kier alpha value is -1.30. The van der Waals surface area contributed by atoms with Crippen LogP contribution in [0.2, 0.25) is 0 Å². The van der Waals surface area contributed by atoms with Crippen molar-refractivity contribution >= 4 is 12.0 Å². The van der Waals surface area contributed by atoms with Crippen LogP contribution in [0.4, 0.5) is 4.79 Å². The maximum absolute atomic E-state index is 12.5. The lowest BCUT2D eigenvalue weighted by molar-refractivity contribution is -0.141. The first-order valence-electron chi connectivity index (χ1n) is 7.17. The van der Waals surface area contributed by atoms with Gasteiger partial charge < -0.3 is 19.8 Å². The van der Waals surface area contributed by atoms with Crippen molar-refractivity contribution in [2.24, 2.45) is 5.92 Å². The molecule has 2 atom stereocenters. The summed E-state index contributed by atoms with van der Waals surface area (Å²) in [4.78, 5) is 28.9. The Labute approximate surface area is 122 Å². The first-order valence-corrected chi connectivity index (χ1v) is 7.17. The van der Waals surface area contributed by atoms with E-state index in [0.29, 0.717) is 13.1 Å². The van der Waals surface area contributed by atoms with E-state index in [4.69, 9.17) is 5.11 Å². The molecule has 0 bridgehead atoms. The Bertz CT molecular complexity index is 321. The van der Waals surface area contributed by atoms with Gasteiger partial charge >= 0.3 is 12.0 Å². The summed E-state index contributed by atoms with van der Waals surface area (Å²) in [5, 5.41) is 8.97. The number of nitrogens with zero attached hydrogens (tertiary/aromatic N) is 3. The van der Waals surface area contributed by atoms with Crippen LogP contribution < -0.4 is 0 Å². The number of rotatable bonds is 8. The van der Waals surface area contributed by atoms with Gasteiger partial charge in [-0.2, -0.15) is 0 Å². The first kappa shape index (κ1) is 18.7. The molecular formula is C14H29N3O3. The highest BCUT2D eigenvalue weighted by Crippen LogP contribution is 2.09. The second-order valence-electron chi connectivity index (χ2n) is 5.46. The predicted octanol–water partition coefficient (Wildman–Crippen LogP) is 1.42. The van der Waals surface area contributed by atoms with Gasteiger partial charge in [0.15, 0.2) is 0 Å². The van der Waals surface area contributed by atoms with Gasteiger partial charge in [-0.05, 0) is 34.9 Å². The molecule has 0 fully saturated rings. The molecule has 2 amide bonds. The Kier molecular flexibility index (Phi) is 8.22. The molecule has 0 saturated heterocycles. The van der Waals surface area contributed by atoms with Crippen molar-refractivity contribution < 1.29 is 14.7 Å². The highest BCUT2D eigenvalue weighted by molar-refractivity contribution is 5.76. The molecule has 2 unspecified atom stereocenters. The number of hydrogen-bond donors (Lipinski definition) is 1. The lowest BCUT2D eigenvalue weighted by atomic mass is 10.1. The molecule has 0 heterocycles. The van der Waals surface area contributed by atoms with Crippen LogP contribution in [0.25, 0.3) is 0 Å². The van der Waals surface area contributed by atoms with E-state index >= 15 is 0 Å². The van der Waals surface area contributed by atoms with Crippen molar-refractivity contribution in [1.82, 2.24) is 14.7 Å². The van der Waals surface area contributed by atoms with Gasteiger partial charge in [-0.25, -0.2) is 4.79 Å². The zero-order chi connectivity index (χ0) is 15.9. The summed E-state index contributed by atoms with van der Waals surface area (Å²) < 4.78 is 0. The smallest absolute Gasteiger partial charge is 0.320 e. The van der Waals surface area contributed by atoms with Crippen molar-refractivity contribution in [2.45, 2.75) is 33.7 Å². The van der Waals surface area contributed by atoms with Gasteiger partial charge in [-0.1, -0.05) is 6.92 Å². The van der Waals surface area contributed by atoms with Crippen molar-refractivity contribution in [2.75, 3.05) is 40.3 Å². The number of carboxylic acid groups (broad SMARTS) is 1. The van der Waals surface area contributed by atoms with Crippen LogP contribution in [-0.4, -0.2) is 78.1 Å². The van der Waals surface area contributed by atoms with E-state index in [1.165, 1.54) is 0 Å². The van der Waals surface area contributed by atoms with Crippen molar-refractivity contribution in [3.8, 4) is 0 Å². The Morgan fingerprint density at radius 1 is 1.05 bits per heavy atom. The minimum absolute atomic E-state index is 0.0857. The third-order valence-electron chi connectivity index (χ3n) is 3.32. The van der Waals surface area contributed by atoms with Crippen LogP contribution in [0, 0.1) is 5.92 Å². The summed E-state index contributed by atoms with van der Waals surface area (Å²) in [6, 6.07) is 0.00846. The van der Waals surface area contributed by atoms with E-state index in [0.717, 1.165) is 6.54 Å². The zero-order valence-corrected chi connectivity index (χ0v) is 13.6. The van der Waals surface area contributed by atoms with Gasteiger partial charge in [0.2, 0.25) is 0 Å². The highest BCUT2D eigenvalue weighted by atomic mass is 16.4. The van der Waals surface area contributed by atoms with Crippen LogP contribution in [0.5, 0.6) is 0 Å². The third-order valence-corrected chi connectivity index (χ3v) is 3.32. The minimum Gasteiger partial charge on any atom is -0.481 e. The van der Waals surface area contributed by atoms with E-state index in [2.05, 4.69) is 0 Å². The van der Waals surface area contributed by atoms with Crippen LogP contribution in [-0.2, 0) is 4.79 Å². The molecule has 0 aliphatic rings. The van der Waals surface area contributed by atoms with Gasteiger partial charge in [-0.15, -0.1) is 0 Å². The zero-order valence-electron chi connectivity index (χ0n) is 13.6. The quantitative estimate of drug-likeness (QED) is 0.733. The molecule has 0 aromatic rings. The van der Waals surface area contributed by atoms with E-state index in [9.17, 15) is 9.59 Å². The lowest BCUT2D eigenvalue weighted by Crippen LogP contribution is -2.51. The molecule has 0 aliphatic heterocycles. The van der Waals surface area contributed by atoms with Crippen molar-refractivity contribution in [3.63, 3.8) is 0 Å². The molecule has 0 radical (unpaired) electrons. The molecule has 0 rings (SSSR count). The molecule has 0 aliphatic carbocycles. The molecule has 6 heteroatoms. The summed E-state index contributed by atoms with van der Waals surface area (Å²) in [6.45, 7) is 9.61. The predicted molar refractivity (Wildman–Crippen MR) is 79.8 cm³/mol. The monoisotopic (exact) mass is 287 g/mol. The van der Waals surface area contributed by atoms with Crippen molar-refractivity contribution in [1.29, 1.82) is 0 Å². The number of carbonyl (C=O) groups excluding carboxylic acids is 1. The number of aliphatic carboxylic acids is 1. The maximum Gasteiger partial charge on any atom is 0.320 e. The Morgan fingerprint density at radius 2 is 1.60 bits per heavy atom. The Balaban J connectivity index is 4.81. The summed E-state index contributed by atoms with van der Waals surface area (Å²) >= 11 is 0. The summed E-state index contributed by atoms with van der Waals surface area (Å²) in [5.74, 6) is -1.43. The normalized spacial score (nSPS) is 13.9. The fraction of sp³-hybridized carbons (Fsp3) is 0.857. The van der Waals surface area contributed by atoms with E-state index in [-0.39, 0.29) is 18.6 Å². The van der Waals surface area contributed by atoms with E-state index in [1.807, 2.05) is 39.8 Å². The number of carbonyl (C=O) groups is 2. The molecule has 118 valence electrons. The topological polar surface area (TPSA) is 64.1 Å². The third kappa shape index (κ3) is 5.77. The average Bonchev–Trinajstić information content (AvgIpc) is 2.34. The van der Waals surface area contributed by atoms with E-state index < -0.39 is 11.9 Å². The summed E-state index contributed by atoms with van der Waals surface area (Å²) in [6.07, 6.45) is 0. The number of carboxylic acids is 1. The number of amides is 2. The molecule has 6 nitrogen and oxygen atoms in total. The maximum atomic E-state index is 12.5. The van der Waals surface area contributed by atoms with Gasteiger partial charge in [0.1, 0.15) is 0 Å². The standard InChI is InChI=1S/C14H29N3O3/c1-7-16(9-11(3)13(18)19)14(20)17(8-2)12(4)10-15(5)6/h11-12H,7-10H2,1-6H3,(H,18,19). The fourth-order valence-electron chi connectivity index (χ4n) is 2.20. The van der Waals surface area contributed by atoms with Crippen molar-refractivity contribution in [3.05, 3.63) is 0 Å². The van der Waals surface area contributed by atoms with Gasteiger partial charge in [0.25, 0.3) is 0 Å². The van der Waals surface area contributed by atoms with Crippen LogP contribution in [0.15, 0.2) is 0 Å². The van der Waals surface area contributed by atoms with Gasteiger partial charge in [0, 0.05) is 32.2 Å². The molecule has 20 heavy (non-hydrogen) atoms. The molecule has 0 saturated carbocycles. The SMILES string of the molecule is CCN(CC(C)C(=O)O)C(=O)N(CC)C(C)CN(C)C. The van der Waals surface area contributed by atoms with Gasteiger partial charge in [0.05, 0.1) is 5.92 Å². The second-order valence-corrected chi connectivity index (χ2v) is 5.46. The number of urea groups is 1. The van der Waals surface area contributed by atoms with E-state index in [1.54, 1.807) is 16.7 Å².